The third-order valence-corrected chi connectivity index (χ3v) is 3.34. The molecule has 0 radical (unpaired) electrons. The van der Waals surface area contributed by atoms with Crippen LogP contribution in [0.5, 0.6) is 0 Å². The molecule has 2 rings (SSSR count). The second-order valence-electron chi connectivity index (χ2n) is 4.85. The Balaban J connectivity index is 2.11. The van der Waals surface area contributed by atoms with Gasteiger partial charge < -0.3 is 10.5 Å². The molecule has 1 amide bonds. The van der Waals surface area contributed by atoms with E-state index in [0.717, 1.165) is 5.56 Å². The van der Waals surface area contributed by atoms with Crippen molar-refractivity contribution in [1.82, 2.24) is 15.0 Å². The first-order chi connectivity index (χ1) is 10.5. The highest BCUT2D eigenvalue weighted by molar-refractivity contribution is 5.91. The molecule has 0 aliphatic rings. The van der Waals surface area contributed by atoms with Crippen LogP contribution in [0.3, 0.4) is 0 Å². The summed E-state index contributed by atoms with van der Waals surface area (Å²) in [4.78, 5) is 23.5. The number of carbonyl (C=O) groups excluding carboxylic acids is 2. The van der Waals surface area contributed by atoms with Gasteiger partial charge in [0.1, 0.15) is 6.61 Å². The molecular weight excluding hydrogens is 284 g/mol. The predicted molar refractivity (Wildman–Crippen MR) is 78.8 cm³/mol. The van der Waals surface area contributed by atoms with E-state index >= 15 is 0 Å². The molecule has 0 spiro atoms. The van der Waals surface area contributed by atoms with Gasteiger partial charge in [-0.2, -0.15) is 0 Å². The SMILES string of the molecule is CCC(C(=O)OCc1ccccc1)n1nnc(C(N)=O)c1C. The van der Waals surface area contributed by atoms with Crippen LogP contribution in [-0.2, 0) is 16.1 Å². The van der Waals surface area contributed by atoms with Crippen molar-refractivity contribution >= 4 is 11.9 Å². The quantitative estimate of drug-likeness (QED) is 0.812. The lowest BCUT2D eigenvalue weighted by atomic mass is 10.2. The highest BCUT2D eigenvalue weighted by Crippen LogP contribution is 2.17. The van der Waals surface area contributed by atoms with E-state index in [1.165, 1.54) is 4.68 Å². The summed E-state index contributed by atoms with van der Waals surface area (Å²) in [5.74, 6) is -1.09. The van der Waals surface area contributed by atoms with Crippen molar-refractivity contribution in [2.24, 2.45) is 5.73 Å². The Morgan fingerprint density at radius 2 is 2.00 bits per heavy atom. The summed E-state index contributed by atoms with van der Waals surface area (Å²) in [5.41, 5.74) is 6.63. The Labute approximate surface area is 128 Å². The van der Waals surface area contributed by atoms with Crippen molar-refractivity contribution in [2.45, 2.75) is 32.9 Å². The van der Waals surface area contributed by atoms with Gasteiger partial charge in [-0.25, -0.2) is 9.48 Å². The molecule has 0 bridgehead atoms. The molecule has 116 valence electrons. The van der Waals surface area contributed by atoms with Crippen LogP contribution < -0.4 is 5.73 Å². The van der Waals surface area contributed by atoms with Crippen molar-refractivity contribution < 1.29 is 14.3 Å². The van der Waals surface area contributed by atoms with Crippen LogP contribution >= 0.6 is 0 Å². The minimum Gasteiger partial charge on any atom is -0.459 e. The number of ether oxygens (including phenoxy) is 1. The fourth-order valence-electron chi connectivity index (χ4n) is 2.13. The summed E-state index contributed by atoms with van der Waals surface area (Å²) >= 11 is 0. The first kappa shape index (κ1) is 15.7. The lowest BCUT2D eigenvalue weighted by Crippen LogP contribution is -2.24. The molecule has 0 aliphatic heterocycles. The average Bonchev–Trinajstić information content (AvgIpc) is 2.89. The van der Waals surface area contributed by atoms with Gasteiger partial charge in [0.2, 0.25) is 0 Å². The monoisotopic (exact) mass is 302 g/mol. The van der Waals surface area contributed by atoms with Gasteiger partial charge in [0.25, 0.3) is 5.91 Å². The number of hydrogen-bond acceptors (Lipinski definition) is 5. The summed E-state index contributed by atoms with van der Waals surface area (Å²) in [6, 6.07) is 8.76. The van der Waals surface area contributed by atoms with Gasteiger partial charge >= 0.3 is 5.97 Å². The number of benzene rings is 1. The molecule has 0 saturated carbocycles. The maximum absolute atomic E-state index is 12.3. The lowest BCUT2D eigenvalue weighted by molar-refractivity contribution is -0.149. The highest BCUT2D eigenvalue weighted by atomic mass is 16.5. The van der Waals surface area contributed by atoms with Gasteiger partial charge in [0.05, 0.1) is 5.69 Å². The first-order valence-electron chi connectivity index (χ1n) is 6.96. The second-order valence-corrected chi connectivity index (χ2v) is 4.85. The zero-order chi connectivity index (χ0) is 16.1. The molecular formula is C15H18N4O3. The van der Waals surface area contributed by atoms with E-state index in [1.54, 1.807) is 6.92 Å². The zero-order valence-corrected chi connectivity index (χ0v) is 12.5. The molecule has 0 fully saturated rings. The average molecular weight is 302 g/mol. The largest absolute Gasteiger partial charge is 0.459 e. The predicted octanol–water partition coefficient (Wildman–Crippen LogP) is 1.38. The Hall–Kier alpha value is -2.70. The van der Waals surface area contributed by atoms with E-state index in [2.05, 4.69) is 10.3 Å². The third kappa shape index (κ3) is 3.30. The molecule has 1 aromatic heterocycles. The molecule has 1 heterocycles. The van der Waals surface area contributed by atoms with Gasteiger partial charge in [-0.3, -0.25) is 4.79 Å². The van der Waals surface area contributed by atoms with E-state index in [1.807, 2.05) is 37.3 Å². The van der Waals surface area contributed by atoms with Gasteiger partial charge in [0.15, 0.2) is 11.7 Å². The van der Waals surface area contributed by atoms with Gasteiger partial charge in [0, 0.05) is 0 Å². The fraction of sp³-hybridized carbons (Fsp3) is 0.333. The van der Waals surface area contributed by atoms with Crippen molar-refractivity contribution in [3.8, 4) is 0 Å². The summed E-state index contributed by atoms with van der Waals surface area (Å²) in [5, 5.41) is 7.56. The van der Waals surface area contributed by atoms with Crippen LogP contribution in [0.2, 0.25) is 0 Å². The molecule has 0 aliphatic carbocycles. The van der Waals surface area contributed by atoms with E-state index in [-0.39, 0.29) is 12.3 Å². The van der Waals surface area contributed by atoms with E-state index in [9.17, 15) is 9.59 Å². The number of amides is 1. The number of nitrogens with zero attached hydrogens (tertiary/aromatic N) is 3. The number of rotatable bonds is 6. The molecule has 1 aromatic carbocycles. The van der Waals surface area contributed by atoms with E-state index < -0.39 is 17.9 Å². The van der Waals surface area contributed by atoms with E-state index in [4.69, 9.17) is 10.5 Å². The number of primary amides is 1. The second kappa shape index (κ2) is 6.84. The van der Waals surface area contributed by atoms with E-state index in [0.29, 0.717) is 12.1 Å². The minimum absolute atomic E-state index is 0.0642. The Morgan fingerprint density at radius 1 is 1.32 bits per heavy atom. The molecule has 7 nitrogen and oxygen atoms in total. The van der Waals surface area contributed by atoms with Gasteiger partial charge in [-0.05, 0) is 18.9 Å². The summed E-state index contributed by atoms with van der Waals surface area (Å²) in [6.45, 7) is 3.67. The zero-order valence-electron chi connectivity index (χ0n) is 12.5. The van der Waals surface area contributed by atoms with Crippen LogP contribution in [-0.4, -0.2) is 26.9 Å². The molecule has 22 heavy (non-hydrogen) atoms. The standard InChI is InChI=1S/C15H18N4O3/c1-3-12(19-10(2)13(14(16)20)17-18-19)15(21)22-9-11-7-5-4-6-8-11/h4-8,12H,3,9H2,1-2H3,(H2,16,20). The van der Waals surface area contributed by atoms with Crippen LogP contribution in [0.25, 0.3) is 0 Å². The number of aromatic nitrogens is 3. The Bertz CT molecular complexity index is 667. The van der Waals surface area contributed by atoms with Gasteiger partial charge in [-0.1, -0.05) is 42.5 Å². The number of hydrogen-bond donors (Lipinski definition) is 1. The fourth-order valence-corrected chi connectivity index (χ4v) is 2.13. The number of nitrogens with two attached hydrogens (primary N) is 1. The van der Waals surface area contributed by atoms with Crippen molar-refractivity contribution in [3.05, 3.63) is 47.3 Å². The number of esters is 1. The lowest BCUT2D eigenvalue weighted by Gasteiger charge is -2.15. The van der Waals surface area contributed by atoms with Crippen molar-refractivity contribution in [3.63, 3.8) is 0 Å². The minimum atomic E-state index is -0.670. The van der Waals surface area contributed by atoms with Crippen LogP contribution in [0, 0.1) is 6.92 Å². The molecule has 1 unspecified atom stereocenters. The number of carbonyl (C=O) groups is 2. The first-order valence-corrected chi connectivity index (χ1v) is 6.96. The summed E-state index contributed by atoms with van der Waals surface area (Å²) in [7, 11) is 0. The van der Waals surface area contributed by atoms with Crippen LogP contribution in [0.1, 0.15) is 41.1 Å². The maximum Gasteiger partial charge on any atom is 0.331 e. The van der Waals surface area contributed by atoms with Crippen molar-refractivity contribution in [2.75, 3.05) is 0 Å². The summed E-state index contributed by atoms with van der Waals surface area (Å²) in [6.07, 6.45) is 0.468. The molecule has 2 N–H and O–H groups in total. The van der Waals surface area contributed by atoms with Crippen molar-refractivity contribution in [1.29, 1.82) is 0 Å². The van der Waals surface area contributed by atoms with Gasteiger partial charge in [-0.15, -0.1) is 5.10 Å². The van der Waals surface area contributed by atoms with Crippen LogP contribution in [0.15, 0.2) is 30.3 Å². The Kier molecular flexibility index (Phi) is 4.88. The molecule has 0 saturated heterocycles. The third-order valence-electron chi connectivity index (χ3n) is 3.34. The normalized spacial score (nSPS) is 11.9. The Morgan fingerprint density at radius 3 is 2.55 bits per heavy atom. The topological polar surface area (TPSA) is 100 Å². The van der Waals surface area contributed by atoms with Crippen LogP contribution in [0.4, 0.5) is 0 Å². The molecule has 1 atom stereocenters. The molecule has 7 heteroatoms. The molecule has 2 aromatic rings. The summed E-state index contributed by atoms with van der Waals surface area (Å²) < 4.78 is 6.70. The maximum atomic E-state index is 12.3. The highest BCUT2D eigenvalue weighted by Gasteiger charge is 2.25. The smallest absolute Gasteiger partial charge is 0.331 e.